The Morgan fingerprint density at radius 1 is 1.26 bits per heavy atom. The SMILES string of the molecule is COc1cccc(CC(=O)Nc2ccc3c(c2)oc(=O)n3C)c1. The number of aryl methyl sites for hydroxylation is 1. The highest BCUT2D eigenvalue weighted by atomic mass is 16.5. The second-order valence-corrected chi connectivity index (χ2v) is 5.19. The molecule has 0 fully saturated rings. The van der Waals surface area contributed by atoms with Crippen molar-refractivity contribution >= 4 is 22.7 Å². The molecular weight excluding hydrogens is 296 g/mol. The first-order valence-corrected chi connectivity index (χ1v) is 7.09. The van der Waals surface area contributed by atoms with Gasteiger partial charge in [-0.2, -0.15) is 0 Å². The van der Waals surface area contributed by atoms with Gasteiger partial charge in [0.2, 0.25) is 5.91 Å². The van der Waals surface area contributed by atoms with E-state index in [1.807, 2.05) is 24.3 Å². The summed E-state index contributed by atoms with van der Waals surface area (Å²) in [6.07, 6.45) is 0.230. The number of anilines is 1. The monoisotopic (exact) mass is 312 g/mol. The third kappa shape index (κ3) is 3.11. The summed E-state index contributed by atoms with van der Waals surface area (Å²) in [5.41, 5.74) is 2.56. The van der Waals surface area contributed by atoms with Crippen LogP contribution in [0, 0.1) is 0 Å². The lowest BCUT2D eigenvalue weighted by Gasteiger charge is -2.06. The molecule has 23 heavy (non-hydrogen) atoms. The fourth-order valence-electron chi connectivity index (χ4n) is 2.38. The van der Waals surface area contributed by atoms with Gasteiger partial charge >= 0.3 is 5.76 Å². The van der Waals surface area contributed by atoms with Crippen LogP contribution in [0.4, 0.5) is 5.69 Å². The van der Waals surface area contributed by atoms with Gasteiger partial charge in [-0.05, 0) is 29.8 Å². The molecule has 1 N–H and O–H groups in total. The maximum absolute atomic E-state index is 12.1. The van der Waals surface area contributed by atoms with E-state index < -0.39 is 5.76 Å². The van der Waals surface area contributed by atoms with Gasteiger partial charge in [0.1, 0.15) is 5.75 Å². The van der Waals surface area contributed by atoms with Crippen LogP contribution >= 0.6 is 0 Å². The van der Waals surface area contributed by atoms with Crippen molar-refractivity contribution in [3.63, 3.8) is 0 Å². The maximum Gasteiger partial charge on any atom is 0.419 e. The normalized spacial score (nSPS) is 10.7. The van der Waals surface area contributed by atoms with Gasteiger partial charge in [-0.1, -0.05) is 12.1 Å². The number of carbonyl (C=O) groups is 1. The van der Waals surface area contributed by atoms with Gasteiger partial charge in [0.05, 0.1) is 19.0 Å². The molecule has 0 atom stereocenters. The topological polar surface area (TPSA) is 73.5 Å². The quantitative estimate of drug-likeness (QED) is 0.802. The fourth-order valence-corrected chi connectivity index (χ4v) is 2.38. The number of nitrogens with zero attached hydrogens (tertiary/aromatic N) is 1. The van der Waals surface area contributed by atoms with Gasteiger partial charge in [-0.25, -0.2) is 4.79 Å². The van der Waals surface area contributed by atoms with Gasteiger partial charge in [-0.3, -0.25) is 9.36 Å². The summed E-state index contributed by atoms with van der Waals surface area (Å²) in [4.78, 5) is 23.6. The summed E-state index contributed by atoms with van der Waals surface area (Å²) in [6.45, 7) is 0. The summed E-state index contributed by atoms with van der Waals surface area (Å²) < 4.78 is 11.7. The fraction of sp³-hybridized carbons (Fsp3) is 0.176. The van der Waals surface area contributed by atoms with Gasteiger partial charge in [0.15, 0.2) is 5.58 Å². The zero-order valence-corrected chi connectivity index (χ0v) is 12.8. The molecule has 0 aliphatic heterocycles. The molecule has 0 saturated heterocycles. The Morgan fingerprint density at radius 2 is 2.09 bits per heavy atom. The van der Waals surface area contributed by atoms with E-state index in [0.717, 1.165) is 5.56 Å². The van der Waals surface area contributed by atoms with Crippen LogP contribution in [0.5, 0.6) is 5.75 Å². The summed E-state index contributed by atoms with van der Waals surface area (Å²) in [6, 6.07) is 12.5. The van der Waals surface area contributed by atoms with Crippen LogP contribution in [0.1, 0.15) is 5.56 Å². The average Bonchev–Trinajstić information content (AvgIpc) is 2.81. The number of hydrogen-bond acceptors (Lipinski definition) is 4. The number of rotatable bonds is 4. The summed E-state index contributed by atoms with van der Waals surface area (Å²) in [5.74, 6) is 0.124. The van der Waals surface area contributed by atoms with Crippen molar-refractivity contribution < 1.29 is 13.9 Å². The van der Waals surface area contributed by atoms with Crippen molar-refractivity contribution in [2.24, 2.45) is 7.05 Å². The first-order valence-electron chi connectivity index (χ1n) is 7.09. The molecule has 0 spiro atoms. The lowest BCUT2D eigenvalue weighted by molar-refractivity contribution is -0.115. The largest absolute Gasteiger partial charge is 0.497 e. The number of benzene rings is 2. The van der Waals surface area contributed by atoms with Gasteiger partial charge in [0.25, 0.3) is 0 Å². The first-order chi connectivity index (χ1) is 11.1. The molecule has 3 rings (SSSR count). The van der Waals surface area contributed by atoms with E-state index in [2.05, 4.69) is 5.32 Å². The Balaban J connectivity index is 1.75. The minimum absolute atomic E-state index is 0.157. The number of amides is 1. The number of aromatic nitrogens is 1. The Labute approximate surface area is 132 Å². The molecular formula is C17H16N2O4. The molecule has 0 aliphatic carbocycles. The second kappa shape index (κ2) is 6.00. The average molecular weight is 312 g/mol. The molecule has 1 heterocycles. The second-order valence-electron chi connectivity index (χ2n) is 5.19. The smallest absolute Gasteiger partial charge is 0.419 e. The zero-order valence-electron chi connectivity index (χ0n) is 12.8. The minimum atomic E-state index is -0.431. The van der Waals surface area contributed by atoms with E-state index in [-0.39, 0.29) is 12.3 Å². The number of fused-ring (bicyclic) bond motifs is 1. The van der Waals surface area contributed by atoms with E-state index in [1.54, 1.807) is 32.4 Å². The highest BCUT2D eigenvalue weighted by Gasteiger charge is 2.09. The van der Waals surface area contributed by atoms with Crippen molar-refractivity contribution in [3.05, 3.63) is 58.6 Å². The van der Waals surface area contributed by atoms with E-state index in [4.69, 9.17) is 9.15 Å². The molecule has 2 aromatic carbocycles. The van der Waals surface area contributed by atoms with Crippen LogP contribution in [-0.4, -0.2) is 17.6 Å². The molecule has 6 heteroatoms. The lowest BCUT2D eigenvalue weighted by atomic mass is 10.1. The van der Waals surface area contributed by atoms with Crippen molar-refractivity contribution in [1.29, 1.82) is 0 Å². The zero-order chi connectivity index (χ0) is 16.4. The summed E-state index contributed by atoms with van der Waals surface area (Å²) in [7, 11) is 3.22. The van der Waals surface area contributed by atoms with Crippen molar-refractivity contribution in [2.75, 3.05) is 12.4 Å². The Kier molecular flexibility index (Phi) is 3.89. The number of ether oxygens (including phenoxy) is 1. The molecule has 6 nitrogen and oxygen atoms in total. The van der Waals surface area contributed by atoms with Gasteiger partial charge in [0, 0.05) is 18.8 Å². The van der Waals surface area contributed by atoms with Crippen LogP contribution in [0.15, 0.2) is 51.7 Å². The third-order valence-corrected chi connectivity index (χ3v) is 3.57. The number of oxazole rings is 1. The highest BCUT2D eigenvalue weighted by molar-refractivity contribution is 5.94. The molecule has 118 valence electrons. The van der Waals surface area contributed by atoms with E-state index in [9.17, 15) is 9.59 Å². The molecule has 0 saturated carbocycles. The summed E-state index contributed by atoms with van der Waals surface area (Å²) >= 11 is 0. The van der Waals surface area contributed by atoms with Crippen LogP contribution in [0.25, 0.3) is 11.1 Å². The molecule has 0 aliphatic rings. The van der Waals surface area contributed by atoms with Crippen molar-refractivity contribution in [2.45, 2.75) is 6.42 Å². The van der Waals surface area contributed by atoms with Gasteiger partial charge < -0.3 is 14.5 Å². The van der Waals surface area contributed by atoms with Gasteiger partial charge in [-0.15, -0.1) is 0 Å². The van der Waals surface area contributed by atoms with Crippen LogP contribution in [-0.2, 0) is 18.3 Å². The highest BCUT2D eigenvalue weighted by Crippen LogP contribution is 2.18. The minimum Gasteiger partial charge on any atom is -0.497 e. The summed E-state index contributed by atoms with van der Waals surface area (Å²) in [5, 5.41) is 2.80. The van der Waals surface area contributed by atoms with Crippen molar-refractivity contribution in [1.82, 2.24) is 4.57 Å². The van der Waals surface area contributed by atoms with Crippen LogP contribution < -0.4 is 15.8 Å². The van der Waals surface area contributed by atoms with Crippen molar-refractivity contribution in [3.8, 4) is 5.75 Å². The molecule has 0 bridgehead atoms. The van der Waals surface area contributed by atoms with E-state index in [1.165, 1.54) is 4.57 Å². The first kappa shape index (κ1) is 14.9. The molecule has 0 radical (unpaired) electrons. The number of methoxy groups -OCH3 is 1. The molecule has 0 unspecified atom stereocenters. The predicted octanol–water partition coefficient (Wildman–Crippen LogP) is 2.32. The maximum atomic E-state index is 12.1. The number of hydrogen-bond donors (Lipinski definition) is 1. The Morgan fingerprint density at radius 3 is 2.87 bits per heavy atom. The third-order valence-electron chi connectivity index (χ3n) is 3.57. The van der Waals surface area contributed by atoms with E-state index in [0.29, 0.717) is 22.5 Å². The number of nitrogens with one attached hydrogen (secondary N) is 1. The number of carbonyl (C=O) groups excluding carboxylic acids is 1. The molecule has 3 aromatic rings. The standard InChI is InChI=1S/C17H16N2O4/c1-19-14-7-6-12(10-15(14)23-17(19)21)18-16(20)9-11-4-3-5-13(8-11)22-2/h3-8,10H,9H2,1-2H3,(H,18,20). The lowest BCUT2D eigenvalue weighted by Crippen LogP contribution is -2.14. The Bertz CT molecular complexity index is 924. The van der Waals surface area contributed by atoms with Crippen LogP contribution in [0.3, 0.4) is 0 Å². The molecule has 1 amide bonds. The molecule has 1 aromatic heterocycles. The predicted molar refractivity (Wildman–Crippen MR) is 86.8 cm³/mol. The Hall–Kier alpha value is -3.02. The van der Waals surface area contributed by atoms with Crippen LogP contribution in [0.2, 0.25) is 0 Å². The van der Waals surface area contributed by atoms with E-state index >= 15 is 0 Å².